The van der Waals surface area contributed by atoms with Crippen LogP contribution in [-0.4, -0.2) is 5.78 Å². The van der Waals surface area contributed by atoms with Crippen molar-refractivity contribution >= 4 is 34.7 Å². The SMILES string of the molecule is Cc1ccccc1C(=O)c1cc(Cl)c(N)c(Cl)c1. The summed E-state index contributed by atoms with van der Waals surface area (Å²) in [7, 11) is 0. The smallest absolute Gasteiger partial charge is 0.193 e. The van der Waals surface area contributed by atoms with Crippen molar-refractivity contribution in [2.24, 2.45) is 0 Å². The molecule has 0 aliphatic rings. The first-order valence-corrected chi connectivity index (χ1v) is 6.11. The molecule has 0 heterocycles. The lowest BCUT2D eigenvalue weighted by Crippen LogP contribution is -2.04. The molecule has 0 fully saturated rings. The number of nitrogens with two attached hydrogens (primary N) is 1. The Morgan fingerprint density at radius 2 is 1.67 bits per heavy atom. The van der Waals surface area contributed by atoms with E-state index in [4.69, 9.17) is 28.9 Å². The maximum absolute atomic E-state index is 12.3. The first-order valence-electron chi connectivity index (χ1n) is 5.35. The van der Waals surface area contributed by atoms with E-state index < -0.39 is 0 Å². The first-order chi connectivity index (χ1) is 8.50. The molecular weight excluding hydrogens is 269 g/mol. The van der Waals surface area contributed by atoms with Gasteiger partial charge in [-0.1, -0.05) is 47.5 Å². The lowest BCUT2D eigenvalue weighted by Gasteiger charge is -2.07. The fraction of sp³-hybridized carbons (Fsp3) is 0.0714. The van der Waals surface area contributed by atoms with E-state index in [1.165, 1.54) is 12.1 Å². The van der Waals surface area contributed by atoms with Crippen LogP contribution in [0.3, 0.4) is 0 Å². The van der Waals surface area contributed by atoms with Gasteiger partial charge in [0.05, 0.1) is 15.7 Å². The zero-order valence-electron chi connectivity index (χ0n) is 9.71. The van der Waals surface area contributed by atoms with E-state index in [0.717, 1.165) is 5.56 Å². The van der Waals surface area contributed by atoms with Gasteiger partial charge < -0.3 is 5.73 Å². The molecule has 0 aliphatic heterocycles. The molecule has 18 heavy (non-hydrogen) atoms. The van der Waals surface area contributed by atoms with E-state index in [1.807, 2.05) is 25.1 Å². The highest BCUT2D eigenvalue weighted by molar-refractivity contribution is 6.39. The largest absolute Gasteiger partial charge is 0.396 e. The second-order valence-electron chi connectivity index (χ2n) is 4.00. The minimum absolute atomic E-state index is 0.114. The van der Waals surface area contributed by atoms with Crippen molar-refractivity contribution in [3.8, 4) is 0 Å². The summed E-state index contributed by atoms with van der Waals surface area (Å²) in [5.41, 5.74) is 7.92. The van der Waals surface area contributed by atoms with Gasteiger partial charge in [0.15, 0.2) is 5.78 Å². The predicted octanol–water partition coefficient (Wildman–Crippen LogP) is 4.12. The van der Waals surface area contributed by atoms with E-state index in [2.05, 4.69) is 0 Å². The van der Waals surface area contributed by atoms with E-state index in [-0.39, 0.29) is 5.78 Å². The molecule has 0 aliphatic carbocycles. The van der Waals surface area contributed by atoms with Gasteiger partial charge in [0.25, 0.3) is 0 Å². The molecule has 4 heteroatoms. The monoisotopic (exact) mass is 279 g/mol. The number of aryl methyl sites for hydroxylation is 1. The molecule has 2 aromatic rings. The first kappa shape index (κ1) is 12.9. The lowest BCUT2D eigenvalue weighted by molar-refractivity contribution is 0.103. The van der Waals surface area contributed by atoms with Crippen LogP contribution in [-0.2, 0) is 0 Å². The van der Waals surface area contributed by atoms with E-state index in [9.17, 15) is 4.79 Å². The van der Waals surface area contributed by atoms with Gasteiger partial charge in [0, 0.05) is 11.1 Å². The summed E-state index contributed by atoms with van der Waals surface area (Å²) in [6, 6.07) is 10.4. The molecule has 2 nitrogen and oxygen atoms in total. The minimum Gasteiger partial charge on any atom is -0.396 e. The quantitative estimate of drug-likeness (QED) is 0.664. The molecule has 0 radical (unpaired) electrons. The molecule has 92 valence electrons. The number of rotatable bonds is 2. The zero-order valence-corrected chi connectivity index (χ0v) is 11.2. The molecule has 0 atom stereocenters. The summed E-state index contributed by atoms with van der Waals surface area (Å²) in [6.45, 7) is 1.88. The van der Waals surface area contributed by atoms with Gasteiger partial charge in [-0.3, -0.25) is 4.79 Å². The third-order valence-corrected chi connectivity index (χ3v) is 3.36. The maximum atomic E-state index is 12.3. The highest BCUT2D eigenvalue weighted by Crippen LogP contribution is 2.30. The minimum atomic E-state index is -0.114. The van der Waals surface area contributed by atoms with Crippen molar-refractivity contribution in [1.82, 2.24) is 0 Å². The highest BCUT2D eigenvalue weighted by Gasteiger charge is 2.14. The Morgan fingerprint density at radius 3 is 2.22 bits per heavy atom. The number of hydrogen-bond donors (Lipinski definition) is 1. The molecule has 2 rings (SSSR count). The topological polar surface area (TPSA) is 43.1 Å². The average Bonchev–Trinajstić information content (AvgIpc) is 2.35. The number of ketones is 1. The Labute approximate surface area is 115 Å². The second kappa shape index (κ2) is 5.01. The Bertz CT molecular complexity index is 600. The Morgan fingerprint density at radius 1 is 1.11 bits per heavy atom. The van der Waals surface area contributed by atoms with Crippen molar-refractivity contribution in [3.05, 3.63) is 63.1 Å². The van der Waals surface area contributed by atoms with Crippen LogP contribution in [0.15, 0.2) is 36.4 Å². The van der Waals surface area contributed by atoms with Gasteiger partial charge in [-0.05, 0) is 24.6 Å². The van der Waals surface area contributed by atoms with Gasteiger partial charge in [0.1, 0.15) is 0 Å². The van der Waals surface area contributed by atoms with Gasteiger partial charge in [0.2, 0.25) is 0 Å². The number of carbonyl (C=O) groups excluding carboxylic acids is 1. The molecule has 0 amide bonds. The molecular formula is C14H11Cl2NO. The number of nitrogen functional groups attached to an aromatic ring is 1. The van der Waals surface area contributed by atoms with Gasteiger partial charge in [-0.2, -0.15) is 0 Å². The van der Waals surface area contributed by atoms with Crippen molar-refractivity contribution in [1.29, 1.82) is 0 Å². The van der Waals surface area contributed by atoms with E-state index in [0.29, 0.717) is 26.9 Å². The lowest BCUT2D eigenvalue weighted by atomic mass is 9.99. The summed E-state index contributed by atoms with van der Waals surface area (Å²) >= 11 is 11.9. The number of halogens is 2. The number of hydrogen-bond acceptors (Lipinski definition) is 2. The zero-order chi connectivity index (χ0) is 13.3. The van der Waals surface area contributed by atoms with Crippen LogP contribution in [0.4, 0.5) is 5.69 Å². The van der Waals surface area contributed by atoms with Crippen LogP contribution in [0, 0.1) is 6.92 Å². The fourth-order valence-electron chi connectivity index (χ4n) is 1.70. The molecule has 2 aromatic carbocycles. The summed E-state index contributed by atoms with van der Waals surface area (Å²) in [5, 5.41) is 0.582. The summed E-state index contributed by atoms with van der Waals surface area (Å²) in [5.74, 6) is -0.114. The number of benzene rings is 2. The van der Waals surface area contributed by atoms with Crippen LogP contribution in [0.5, 0.6) is 0 Å². The third kappa shape index (κ3) is 2.35. The van der Waals surface area contributed by atoms with Crippen LogP contribution in [0.25, 0.3) is 0 Å². The van der Waals surface area contributed by atoms with Crippen LogP contribution < -0.4 is 5.73 Å². The maximum Gasteiger partial charge on any atom is 0.193 e. The van der Waals surface area contributed by atoms with Gasteiger partial charge in [-0.25, -0.2) is 0 Å². The van der Waals surface area contributed by atoms with Gasteiger partial charge in [-0.15, -0.1) is 0 Å². The molecule has 0 bridgehead atoms. The van der Waals surface area contributed by atoms with E-state index >= 15 is 0 Å². The Hall–Kier alpha value is -1.51. The fourth-order valence-corrected chi connectivity index (χ4v) is 2.19. The van der Waals surface area contributed by atoms with E-state index in [1.54, 1.807) is 6.07 Å². The molecule has 0 aromatic heterocycles. The Kier molecular flexibility index (Phi) is 3.60. The number of anilines is 1. The highest BCUT2D eigenvalue weighted by atomic mass is 35.5. The predicted molar refractivity (Wildman–Crippen MR) is 75.5 cm³/mol. The van der Waals surface area contributed by atoms with Crippen molar-refractivity contribution in [2.45, 2.75) is 6.92 Å². The summed E-state index contributed by atoms with van der Waals surface area (Å²) < 4.78 is 0. The summed E-state index contributed by atoms with van der Waals surface area (Å²) in [6.07, 6.45) is 0. The van der Waals surface area contributed by atoms with Crippen LogP contribution in [0.1, 0.15) is 21.5 Å². The molecule has 0 unspecified atom stereocenters. The van der Waals surface area contributed by atoms with Crippen molar-refractivity contribution in [3.63, 3.8) is 0 Å². The average molecular weight is 280 g/mol. The van der Waals surface area contributed by atoms with Crippen molar-refractivity contribution in [2.75, 3.05) is 5.73 Å². The molecule has 0 saturated heterocycles. The molecule has 2 N–H and O–H groups in total. The van der Waals surface area contributed by atoms with Crippen LogP contribution in [0.2, 0.25) is 10.0 Å². The normalized spacial score (nSPS) is 10.4. The van der Waals surface area contributed by atoms with Gasteiger partial charge >= 0.3 is 0 Å². The van der Waals surface area contributed by atoms with Crippen molar-refractivity contribution < 1.29 is 4.79 Å². The Balaban J connectivity index is 2.51. The second-order valence-corrected chi connectivity index (χ2v) is 4.81. The van der Waals surface area contributed by atoms with Crippen LogP contribution >= 0.6 is 23.2 Å². The third-order valence-electron chi connectivity index (χ3n) is 2.73. The summed E-state index contributed by atoms with van der Waals surface area (Å²) in [4.78, 5) is 12.3. The molecule has 0 saturated carbocycles. The standard InChI is InChI=1S/C14H11Cl2NO/c1-8-4-2-3-5-10(8)14(18)9-6-11(15)13(17)12(16)7-9/h2-7H,17H2,1H3. The number of carbonyl (C=O) groups is 1. The molecule has 0 spiro atoms.